The standard InChI is InChI=1S/C20H23FN6O2/c1-13-7-9-25(10-8-13)18(28)12-26-20(29)27-17(24-26)11-14(2)22-19(27)23-16-5-3-15(21)4-6-16/h3-6,11,13H,7-10,12H2,1-2H3,(H,22,23). The molecule has 1 saturated heterocycles. The first-order valence-electron chi connectivity index (χ1n) is 9.68. The summed E-state index contributed by atoms with van der Waals surface area (Å²) in [6, 6.07) is 7.43. The molecule has 29 heavy (non-hydrogen) atoms. The van der Waals surface area contributed by atoms with Gasteiger partial charge in [0.05, 0.1) is 0 Å². The van der Waals surface area contributed by atoms with Crippen LogP contribution in [0.1, 0.15) is 25.5 Å². The third-order valence-electron chi connectivity index (χ3n) is 5.22. The van der Waals surface area contributed by atoms with Crippen LogP contribution in [0.2, 0.25) is 0 Å². The van der Waals surface area contributed by atoms with Crippen molar-refractivity contribution in [2.45, 2.75) is 33.2 Å². The van der Waals surface area contributed by atoms with E-state index in [0.717, 1.165) is 12.8 Å². The molecule has 1 aromatic carbocycles. The molecule has 3 heterocycles. The van der Waals surface area contributed by atoms with Gasteiger partial charge in [-0.3, -0.25) is 4.79 Å². The number of aromatic nitrogens is 4. The van der Waals surface area contributed by atoms with E-state index in [-0.39, 0.29) is 24.2 Å². The number of likely N-dealkylation sites (tertiary alicyclic amines) is 1. The molecular weight excluding hydrogens is 375 g/mol. The van der Waals surface area contributed by atoms with Gasteiger partial charge < -0.3 is 10.2 Å². The summed E-state index contributed by atoms with van der Waals surface area (Å²) in [5.41, 5.74) is 1.20. The second kappa shape index (κ2) is 7.65. The Balaban J connectivity index is 1.63. The van der Waals surface area contributed by atoms with Crippen molar-refractivity contribution in [2.75, 3.05) is 18.4 Å². The average molecular weight is 398 g/mol. The van der Waals surface area contributed by atoms with E-state index in [0.29, 0.717) is 36.0 Å². The lowest BCUT2D eigenvalue weighted by Gasteiger charge is -2.30. The predicted octanol–water partition coefficient (Wildman–Crippen LogP) is 2.34. The van der Waals surface area contributed by atoms with Crippen LogP contribution in [-0.4, -0.2) is 43.1 Å². The van der Waals surface area contributed by atoms with Gasteiger partial charge in [0, 0.05) is 30.5 Å². The fourth-order valence-corrected chi connectivity index (χ4v) is 3.49. The number of rotatable bonds is 4. The molecule has 0 atom stereocenters. The fraction of sp³-hybridized carbons (Fsp3) is 0.400. The SMILES string of the molecule is Cc1cc2nn(CC(=O)N3CCC(C)CC3)c(=O)n2c(Nc2ccc(F)cc2)n1. The molecule has 0 radical (unpaired) electrons. The van der Waals surface area contributed by atoms with Crippen molar-refractivity contribution in [1.29, 1.82) is 0 Å². The van der Waals surface area contributed by atoms with E-state index in [9.17, 15) is 14.0 Å². The maximum absolute atomic E-state index is 13.2. The van der Waals surface area contributed by atoms with Crippen LogP contribution in [-0.2, 0) is 11.3 Å². The highest BCUT2D eigenvalue weighted by atomic mass is 19.1. The lowest BCUT2D eigenvalue weighted by atomic mass is 9.99. The van der Waals surface area contributed by atoms with Crippen LogP contribution in [0.5, 0.6) is 0 Å². The lowest BCUT2D eigenvalue weighted by Crippen LogP contribution is -2.41. The Morgan fingerprint density at radius 3 is 2.62 bits per heavy atom. The zero-order chi connectivity index (χ0) is 20.5. The Hall–Kier alpha value is -3.23. The average Bonchev–Trinajstić information content (AvgIpc) is 2.99. The summed E-state index contributed by atoms with van der Waals surface area (Å²) in [4.78, 5) is 31.7. The number of nitrogens with one attached hydrogen (secondary N) is 1. The Kier molecular flexibility index (Phi) is 5.04. The van der Waals surface area contributed by atoms with Gasteiger partial charge in [0.2, 0.25) is 11.9 Å². The van der Waals surface area contributed by atoms with Crippen LogP contribution < -0.4 is 11.0 Å². The molecule has 0 spiro atoms. The summed E-state index contributed by atoms with van der Waals surface area (Å²) in [5.74, 6) is 0.418. The van der Waals surface area contributed by atoms with E-state index in [2.05, 4.69) is 22.3 Å². The third kappa shape index (κ3) is 3.98. The van der Waals surface area contributed by atoms with Crippen molar-refractivity contribution in [2.24, 2.45) is 5.92 Å². The second-order valence-corrected chi connectivity index (χ2v) is 7.55. The summed E-state index contributed by atoms with van der Waals surface area (Å²) in [7, 11) is 0. The smallest absolute Gasteiger partial charge is 0.341 e. The van der Waals surface area contributed by atoms with E-state index in [1.807, 2.05) is 0 Å². The summed E-state index contributed by atoms with van der Waals surface area (Å²) in [6.45, 7) is 5.28. The molecule has 152 valence electrons. The molecule has 0 unspecified atom stereocenters. The molecule has 1 fully saturated rings. The molecule has 2 aromatic heterocycles. The number of carbonyl (C=O) groups is 1. The van der Waals surface area contributed by atoms with E-state index in [1.54, 1.807) is 30.0 Å². The predicted molar refractivity (Wildman–Crippen MR) is 107 cm³/mol. The topological polar surface area (TPSA) is 84.5 Å². The molecule has 1 amide bonds. The number of anilines is 2. The summed E-state index contributed by atoms with van der Waals surface area (Å²) < 4.78 is 15.7. The van der Waals surface area contributed by atoms with Crippen LogP contribution in [0.15, 0.2) is 35.1 Å². The number of halogens is 1. The molecule has 9 heteroatoms. The monoisotopic (exact) mass is 398 g/mol. The Morgan fingerprint density at radius 2 is 1.93 bits per heavy atom. The van der Waals surface area contributed by atoms with Crippen molar-refractivity contribution in [3.8, 4) is 0 Å². The van der Waals surface area contributed by atoms with Gasteiger partial charge in [-0.25, -0.2) is 23.3 Å². The van der Waals surface area contributed by atoms with Gasteiger partial charge in [0.25, 0.3) is 0 Å². The van der Waals surface area contributed by atoms with Crippen LogP contribution >= 0.6 is 0 Å². The normalized spacial score (nSPS) is 15.1. The number of piperidine rings is 1. The minimum atomic E-state index is -0.448. The van der Waals surface area contributed by atoms with Gasteiger partial charge >= 0.3 is 5.69 Å². The minimum Gasteiger partial charge on any atom is -0.341 e. The van der Waals surface area contributed by atoms with Gasteiger partial charge in [-0.2, -0.15) is 0 Å². The molecule has 4 rings (SSSR count). The van der Waals surface area contributed by atoms with E-state index in [4.69, 9.17) is 0 Å². The first-order chi connectivity index (χ1) is 13.9. The largest absolute Gasteiger partial charge is 0.353 e. The Labute approximate surface area is 167 Å². The maximum atomic E-state index is 13.2. The molecule has 3 aromatic rings. The molecule has 8 nitrogen and oxygen atoms in total. The number of fused-ring (bicyclic) bond motifs is 1. The van der Waals surface area contributed by atoms with Gasteiger partial charge in [-0.05, 0) is 49.9 Å². The number of amides is 1. The highest BCUT2D eigenvalue weighted by molar-refractivity contribution is 5.76. The van der Waals surface area contributed by atoms with Gasteiger partial charge in [0.1, 0.15) is 12.4 Å². The number of aryl methyl sites for hydroxylation is 1. The summed E-state index contributed by atoms with van der Waals surface area (Å²) in [5, 5.41) is 7.35. The van der Waals surface area contributed by atoms with Crippen molar-refractivity contribution >= 4 is 23.2 Å². The highest BCUT2D eigenvalue weighted by Gasteiger charge is 2.22. The van der Waals surface area contributed by atoms with Gasteiger partial charge in [0.15, 0.2) is 5.65 Å². The van der Waals surface area contributed by atoms with Crippen LogP contribution in [0.4, 0.5) is 16.0 Å². The Bertz CT molecular complexity index is 1100. The van der Waals surface area contributed by atoms with Crippen molar-refractivity contribution in [1.82, 2.24) is 24.1 Å². The van der Waals surface area contributed by atoms with Gasteiger partial charge in [-0.15, -0.1) is 5.10 Å². The molecule has 0 bridgehead atoms. The zero-order valence-electron chi connectivity index (χ0n) is 16.4. The van der Waals surface area contributed by atoms with E-state index < -0.39 is 5.69 Å². The first kappa shape index (κ1) is 19.1. The molecule has 0 saturated carbocycles. The van der Waals surface area contributed by atoms with Crippen LogP contribution in [0.3, 0.4) is 0 Å². The summed E-state index contributed by atoms with van der Waals surface area (Å²) >= 11 is 0. The third-order valence-corrected chi connectivity index (χ3v) is 5.22. The molecular formula is C20H23FN6O2. The molecule has 1 aliphatic rings. The number of benzene rings is 1. The number of hydrogen-bond acceptors (Lipinski definition) is 5. The van der Waals surface area contributed by atoms with Crippen molar-refractivity contribution in [3.05, 3.63) is 52.3 Å². The Morgan fingerprint density at radius 1 is 1.24 bits per heavy atom. The lowest BCUT2D eigenvalue weighted by molar-refractivity contribution is -0.133. The molecule has 0 aliphatic carbocycles. The van der Waals surface area contributed by atoms with Crippen molar-refractivity contribution < 1.29 is 9.18 Å². The number of carbonyl (C=O) groups excluding carboxylic acids is 1. The highest BCUT2D eigenvalue weighted by Crippen LogP contribution is 2.17. The second-order valence-electron chi connectivity index (χ2n) is 7.55. The fourth-order valence-electron chi connectivity index (χ4n) is 3.49. The quantitative estimate of drug-likeness (QED) is 0.729. The molecule has 1 aliphatic heterocycles. The molecule has 1 N–H and O–H groups in total. The minimum absolute atomic E-state index is 0.107. The van der Waals surface area contributed by atoms with Gasteiger partial charge in [-0.1, -0.05) is 6.92 Å². The summed E-state index contributed by atoms with van der Waals surface area (Å²) in [6.07, 6.45) is 1.95. The van der Waals surface area contributed by atoms with Crippen LogP contribution in [0.25, 0.3) is 5.65 Å². The maximum Gasteiger partial charge on any atom is 0.353 e. The number of nitrogens with zero attached hydrogens (tertiary/aromatic N) is 5. The van der Waals surface area contributed by atoms with Crippen LogP contribution in [0, 0.1) is 18.7 Å². The zero-order valence-corrected chi connectivity index (χ0v) is 16.4. The van der Waals surface area contributed by atoms with Crippen molar-refractivity contribution in [3.63, 3.8) is 0 Å². The number of hydrogen-bond donors (Lipinski definition) is 1. The van der Waals surface area contributed by atoms with E-state index in [1.165, 1.54) is 21.2 Å². The first-order valence-corrected chi connectivity index (χ1v) is 9.68. The van der Waals surface area contributed by atoms with E-state index >= 15 is 0 Å².